The molecule has 21 heavy (non-hydrogen) atoms. The van der Waals surface area contributed by atoms with E-state index in [-0.39, 0.29) is 0 Å². The van der Waals surface area contributed by atoms with Gasteiger partial charge in [0, 0.05) is 19.8 Å². The van der Waals surface area contributed by atoms with Crippen molar-refractivity contribution in [3.8, 4) is 5.88 Å². The fourth-order valence-corrected chi connectivity index (χ4v) is 2.87. The fourth-order valence-electron chi connectivity index (χ4n) is 1.98. The third-order valence-corrected chi connectivity index (χ3v) is 4.44. The van der Waals surface area contributed by atoms with Gasteiger partial charge in [0.15, 0.2) is 5.13 Å². The minimum atomic E-state index is 0.532. The number of ether oxygens (including phenoxy) is 1. The first-order chi connectivity index (χ1) is 10.0. The van der Waals surface area contributed by atoms with Crippen molar-refractivity contribution in [2.24, 2.45) is 0 Å². The zero-order chi connectivity index (χ0) is 15.4. The Balaban J connectivity index is 2.10. The number of rotatable bonds is 6. The smallest absolute Gasteiger partial charge is 0.231 e. The molecule has 0 saturated heterocycles. The van der Waals surface area contributed by atoms with Gasteiger partial charge in [0.25, 0.3) is 0 Å². The molecule has 0 spiro atoms. The van der Waals surface area contributed by atoms with E-state index in [1.54, 1.807) is 18.4 Å². The molecule has 4 nitrogen and oxygen atoms in total. The molecular weight excluding hydrogens is 282 g/mol. The predicted octanol–water partition coefficient (Wildman–Crippen LogP) is 3.95. The van der Waals surface area contributed by atoms with Crippen LogP contribution in [0.3, 0.4) is 0 Å². The number of methoxy groups -OCH3 is 1. The van der Waals surface area contributed by atoms with Crippen LogP contribution < -0.4 is 15.0 Å². The topological polar surface area (TPSA) is 37.4 Å². The lowest BCUT2D eigenvalue weighted by atomic mass is 10.0. The normalized spacial score (nSPS) is 10.8. The molecule has 0 aliphatic carbocycles. The summed E-state index contributed by atoms with van der Waals surface area (Å²) in [5.41, 5.74) is 2.47. The second-order valence-electron chi connectivity index (χ2n) is 5.46. The summed E-state index contributed by atoms with van der Waals surface area (Å²) in [5.74, 6) is 1.24. The Hall–Kier alpha value is -1.75. The Morgan fingerprint density at radius 3 is 2.71 bits per heavy atom. The Morgan fingerprint density at radius 2 is 2.10 bits per heavy atom. The third-order valence-electron chi connectivity index (χ3n) is 3.23. The van der Waals surface area contributed by atoms with Gasteiger partial charge in [0.1, 0.15) is 0 Å². The molecule has 0 aliphatic rings. The summed E-state index contributed by atoms with van der Waals surface area (Å²) in [4.78, 5) is 7.57. The molecule has 1 N–H and O–H groups in total. The van der Waals surface area contributed by atoms with Gasteiger partial charge in [-0.25, -0.2) is 0 Å². The number of hydrogen-bond donors (Lipinski definition) is 1. The lowest BCUT2D eigenvalue weighted by Crippen LogP contribution is -2.07. The summed E-state index contributed by atoms with van der Waals surface area (Å²) < 4.78 is 5.36. The minimum Gasteiger partial charge on any atom is -0.480 e. The van der Waals surface area contributed by atoms with E-state index in [1.807, 2.05) is 19.0 Å². The zero-order valence-corrected chi connectivity index (χ0v) is 14.1. The monoisotopic (exact) mass is 305 g/mol. The summed E-state index contributed by atoms with van der Waals surface area (Å²) in [6.45, 7) is 5.12. The summed E-state index contributed by atoms with van der Waals surface area (Å²) in [6.07, 6.45) is 0. The Morgan fingerprint density at radius 1 is 1.33 bits per heavy atom. The minimum absolute atomic E-state index is 0.532. The molecule has 114 valence electrons. The lowest BCUT2D eigenvalue weighted by molar-refractivity contribution is 0.397. The van der Waals surface area contributed by atoms with E-state index in [0.717, 1.165) is 22.2 Å². The number of benzene rings is 1. The average molecular weight is 305 g/mol. The largest absolute Gasteiger partial charge is 0.480 e. The second-order valence-corrected chi connectivity index (χ2v) is 6.52. The SMILES string of the molecule is COc1nc(N(C)C)sc1CNc1cccc(C(C)C)c1. The van der Waals surface area contributed by atoms with Crippen LogP contribution in [-0.2, 0) is 6.54 Å². The molecule has 0 amide bonds. The Kier molecular flexibility index (Phi) is 5.07. The van der Waals surface area contributed by atoms with E-state index in [0.29, 0.717) is 11.8 Å². The van der Waals surface area contributed by atoms with Crippen LogP contribution in [0.4, 0.5) is 10.8 Å². The van der Waals surface area contributed by atoms with E-state index in [4.69, 9.17) is 4.74 Å². The number of anilines is 2. The van der Waals surface area contributed by atoms with Gasteiger partial charge in [-0.15, -0.1) is 0 Å². The lowest BCUT2D eigenvalue weighted by Gasteiger charge is -2.10. The van der Waals surface area contributed by atoms with E-state index < -0.39 is 0 Å². The maximum atomic E-state index is 5.36. The summed E-state index contributed by atoms with van der Waals surface area (Å²) in [7, 11) is 5.64. The summed E-state index contributed by atoms with van der Waals surface area (Å²) >= 11 is 1.65. The van der Waals surface area contributed by atoms with Gasteiger partial charge >= 0.3 is 0 Å². The van der Waals surface area contributed by atoms with Crippen molar-refractivity contribution in [2.45, 2.75) is 26.3 Å². The molecule has 5 heteroatoms. The molecule has 0 aliphatic heterocycles. The maximum absolute atomic E-state index is 5.36. The van der Waals surface area contributed by atoms with Crippen molar-refractivity contribution in [3.63, 3.8) is 0 Å². The van der Waals surface area contributed by atoms with Gasteiger partial charge in [-0.05, 0) is 23.6 Å². The van der Waals surface area contributed by atoms with Gasteiger partial charge in [-0.2, -0.15) is 4.98 Å². The quantitative estimate of drug-likeness (QED) is 0.877. The highest BCUT2D eigenvalue weighted by atomic mass is 32.1. The molecule has 0 fully saturated rings. The summed E-state index contributed by atoms with van der Waals surface area (Å²) in [6, 6.07) is 8.54. The van der Waals surface area contributed by atoms with Crippen LogP contribution in [0.1, 0.15) is 30.2 Å². The molecule has 1 heterocycles. The Labute approximate surface area is 130 Å². The number of nitrogens with one attached hydrogen (secondary N) is 1. The van der Waals surface area contributed by atoms with Crippen LogP contribution in [0.25, 0.3) is 0 Å². The van der Waals surface area contributed by atoms with E-state index in [2.05, 4.69) is 48.4 Å². The predicted molar refractivity (Wildman–Crippen MR) is 90.9 cm³/mol. The standard InChI is InChI=1S/C16H23N3OS/c1-11(2)12-7-6-8-13(9-12)17-10-14-15(20-5)18-16(21-14)19(3)4/h6-9,11,17H,10H2,1-5H3. The van der Waals surface area contributed by atoms with Crippen LogP contribution >= 0.6 is 11.3 Å². The number of thiazole rings is 1. The molecule has 0 radical (unpaired) electrons. The van der Waals surface area contributed by atoms with E-state index in [1.165, 1.54) is 5.56 Å². The van der Waals surface area contributed by atoms with Crippen molar-refractivity contribution in [1.82, 2.24) is 4.98 Å². The van der Waals surface area contributed by atoms with Crippen molar-refractivity contribution in [3.05, 3.63) is 34.7 Å². The van der Waals surface area contributed by atoms with E-state index >= 15 is 0 Å². The van der Waals surface area contributed by atoms with Crippen LogP contribution in [0.15, 0.2) is 24.3 Å². The van der Waals surface area contributed by atoms with Crippen molar-refractivity contribution < 1.29 is 4.74 Å². The fraction of sp³-hybridized carbons (Fsp3) is 0.438. The number of aromatic nitrogens is 1. The van der Waals surface area contributed by atoms with Crippen LogP contribution in [-0.4, -0.2) is 26.2 Å². The van der Waals surface area contributed by atoms with Crippen molar-refractivity contribution >= 4 is 22.2 Å². The van der Waals surface area contributed by atoms with Crippen LogP contribution in [0.2, 0.25) is 0 Å². The third kappa shape index (κ3) is 3.88. The molecule has 1 aromatic heterocycles. The van der Waals surface area contributed by atoms with Gasteiger partial charge < -0.3 is 15.0 Å². The first-order valence-corrected chi connectivity index (χ1v) is 7.87. The molecule has 0 unspecified atom stereocenters. The molecule has 0 saturated carbocycles. The van der Waals surface area contributed by atoms with Crippen molar-refractivity contribution in [1.29, 1.82) is 0 Å². The molecule has 0 atom stereocenters. The molecule has 2 rings (SSSR count). The van der Waals surface area contributed by atoms with E-state index in [9.17, 15) is 0 Å². The van der Waals surface area contributed by atoms with Crippen molar-refractivity contribution in [2.75, 3.05) is 31.4 Å². The average Bonchev–Trinajstić information content (AvgIpc) is 2.89. The highest BCUT2D eigenvalue weighted by molar-refractivity contribution is 7.15. The van der Waals surface area contributed by atoms with Crippen LogP contribution in [0, 0.1) is 0 Å². The number of hydrogen-bond acceptors (Lipinski definition) is 5. The summed E-state index contributed by atoms with van der Waals surface area (Å²) in [5, 5.41) is 4.41. The first-order valence-electron chi connectivity index (χ1n) is 7.06. The highest BCUT2D eigenvalue weighted by Crippen LogP contribution is 2.31. The molecule has 0 bridgehead atoms. The second kappa shape index (κ2) is 6.80. The van der Waals surface area contributed by atoms with Gasteiger partial charge in [0.2, 0.25) is 5.88 Å². The first kappa shape index (κ1) is 15.6. The van der Waals surface area contributed by atoms with Gasteiger partial charge in [-0.3, -0.25) is 0 Å². The zero-order valence-electron chi connectivity index (χ0n) is 13.3. The Bertz CT molecular complexity index is 593. The number of nitrogens with zero attached hydrogens (tertiary/aromatic N) is 2. The van der Waals surface area contributed by atoms with Gasteiger partial charge in [0.05, 0.1) is 18.5 Å². The molecule has 1 aromatic carbocycles. The molecule has 2 aromatic rings. The maximum Gasteiger partial charge on any atom is 0.231 e. The van der Waals surface area contributed by atoms with Crippen LogP contribution in [0.5, 0.6) is 5.88 Å². The highest BCUT2D eigenvalue weighted by Gasteiger charge is 2.13. The molecular formula is C16H23N3OS. The van der Waals surface area contributed by atoms with Gasteiger partial charge in [-0.1, -0.05) is 37.3 Å².